The molecule has 2 nitrogen and oxygen atoms in total. The molecule has 2 aromatic rings. The van der Waals surface area contributed by atoms with Gasteiger partial charge in [0.2, 0.25) is 0 Å². The first-order valence-electron chi connectivity index (χ1n) is 10.0. The zero-order chi connectivity index (χ0) is 18.6. The molecule has 0 heterocycles. The highest BCUT2D eigenvalue weighted by atomic mass is 16.5. The van der Waals surface area contributed by atoms with Crippen molar-refractivity contribution in [2.24, 2.45) is 0 Å². The minimum Gasteiger partial charge on any atom is -0.462 e. The lowest BCUT2D eigenvalue weighted by molar-refractivity contribution is 0.0497. The van der Waals surface area contributed by atoms with E-state index in [1.165, 1.54) is 44.1 Å². The van der Waals surface area contributed by atoms with Gasteiger partial charge in [0.15, 0.2) is 0 Å². The molecular weight excluding hydrogens is 320 g/mol. The summed E-state index contributed by atoms with van der Waals surface area (Å²) in [4.78, 5) is 12.3. The van der Waals surface area contributed by atoms with Gasteiger partial charge >= 0.3 is 5.97 Å². The molecule has 0 aromatic heterocycles. The maximum absolute atomic E-state index is 12.3. The molecule has 140 valence electrons. The molecule has 0 aliphatic heterocycles. The Kier molecular flexibility index (Phi) is 8.95. The van der Waals surface area contributed by atoms with Crippen LogP contribution in [0.5, 0.6) is 0 Å². The molecule has 0 radical (unpaired) electrons. The van der Waals surface area contributed by atoms with E-state index in [1.807, 2.05) is 30.3 Å². The Bertz CT molecular complexity index is 675. The quantitative estimate of drug-likeness (QED) is 0.323. The van der Waals surface area contributed by atoms with Crippen molar-refractivity contribution < 1.29 is 9.53 Å². The highest BCUT2D eigenvalue weighted by Crippen LogP contribution is 2.22. The van der Waals surface area contributed by atoms with Crippen LogP contribution in [0, 0.1) is 6.92 Å². The van der Waals surface area contributed by atoms with E-state index in [0.29, 0.717) is 12.2 Å². The molecule has 0 atom stereocenters. The van der Waals surface area contributed by atoms with Crippen LogP contribution in [-0.2, 0) is 4.74 Å². The number of aryl methyl sites for hydroxylation is 1. The zero-order valence-electron chi connectivity index (χ0n) is 16.3. The SMILES string of the molecule is CCCCCCCCCCOC(=O)c1cccc(-c2cccc(C)c2)c1. The maximum atomic E-state index is 12.3. The number of ether oxygens (including phenoxy) is 1. The van der Waals surface area contributed by atoms with Gasteiger partial charge in [-0.3, -0.25) is 0 Å². The molecule has 0 fully saturated rings. The molecule has 0 aliphatic carbocycles. The first kappa shape index (κ1) is 20.2. The van der Waals surface area contributed by atoms with Gasteiger partial charge in [-0.2, -0.15) is 0 Å². The smallest absolute Gasteiger partial charge is 0.338 e. The molecule has 0 saturated heterocycles. The predicted molar refractivity (Wildman–Crippen MR) is 110 cm³/mol. The minimum atomic E-state index is -0.220. The fourth-order valence-electron chi connectivity index (χ4n) is 3.13. The fourth-order valence-corrected chi connectivity index (χ4v) is 3.13. The Morgan fingerprint density at radius 3 is 2.12 bits per heavy atom. The third-order valence-electron chi connectivity index (χ3n) is 4.68. The van der Waals surface area contributed by atoms with Crippen LogP contribution in [0.1, 0.15) is 74.2 Å². The normalized spacial score (nSPS) is 10.7. The Labute approximate surface area is 158 Å². The molecule has 26 heavy (non-hydrogen) atoms. The van der Waals surface area contributed by atoms with Crippen LogP contribution >= 0.6 is 0 Å². The van der Waals surface area contributed by atoms with Crippen LogP contribution in [0.3, 0.4) is 0 Å². The van der Waals surface area contributed by atoms with E-state index in [2.05, 4.69) is 32.0 Å². The van der Waals surface area contributed by atoms with Gasteiger partial charge in [0.05, 0.1) is 12.2 Å². The van der Waals surface area contributed by atoms with E-state index in [1.54, 1.807) is 0 Å². The Balaban J connectivity index is 1.73. The standard InChI is InChI=1S/C24H32O2/c1-3-4-5-6-7-8-9-10-17-26-24(25)23-16-12-15-22(19-23)21-14-11-13-20(2)18-21/h11-16,18-19H,3-10,17H2,1-2H3. The first-order valence-corrected chi connectivity index (χ1v) is 10.0. The second kappa shape index (κ2) is 11.5. The van der Waals surface area contributed by atoms with Crippen molar-refractivity contribution in [3.8, 4) is 11.1 Å². The predicted octanol–water partition coefficient (Wildman–Crippen LogP) is 6.96. The Morgan fingerprint density at radius 2 is 1.42 bits per heavy atom. The Hall–Kier alpha value is -2.09. The molecule has 0 bridgehead atoms. The van der Waals surface area contributed by atoms with Crippen LogP contribution in [0.4, 0.5) is 0 Å². The molecule has 0 spiro atoms. The molecule has 0 aliphatic rings. The number of hydrogen-bond acceptors (Lipinski definition) is 2. The zero-order valence-corrected chi connectivity index (χ0v) is 16.3. The van der Waals surface area contributed by atoms with Crippen LogP contribution in [0.15, 0.2) is 48.5 Å². The maximum Gasteiger partial charge on any atom is 0.338 e. The van der Waals surface area contributed by atoms with Gasteiger partial charge in [0.1, 0.15) is 0 Å². The summed E-state index contributed by atoms with van der Waals surface area (Å²) < 4.78 is 5.45. The average Bonchev–Trinajstić information content (AvgIpc) is 2.66. The molecular formula is C24H32O2. The molecule has 0 N–H and O–H groups in total. The highest BCUT2D eigenvalue weighted by Gasteiger charge is 2.08. The summed E-state index contributed by atoms with van der Waals surface area (Å²) >= 11 is 0. The summed E-state index contributed by atoms with van der Waals surface area (Å²) in [6, 6.07) is 16.0. The number of carbonyl (C=O) groups is 1. The van der Waals surface area contributed by atoms with E-state index in [0.717, 1.165) is 24.0 Å². The average molecular weight is 353 g/mol. The van der Waals surface area contributed by atoms with Crippen LogP contribution in [0.25, 0.3) is 11.1 Å². The molecule has 0 saturated carbocycles. The van der Waals surface area contributed by atoms with E-state index < -0.39 is 0 Å². The van der Waals surface area contributed by atoms with Gasteiger partial charge in [0.25, 0.3) is 0 Å². The summed E-state index contributed by atoms with van der Waals surface area (Å²) in [5, 5.41) is 0. The van der Waals surface area contributed by atoms with E-state index in [4.69, 9.17) is 4.74 Å². The third-order valence-corrected chi connectivity index (χ3v) is 4.68. The lowest BCUT2D eigenvalue weighted by atomic mass is 10.0. The number of carbonyl (C=O) groups excluding carboxylic acids is 1. The molecule has 0 unspecified atom stereocenters. The molecule has 0 amide bonds. The van der Waals surface area contributed by atoms with Gasteiger partial charge in [0, 0.05) is 0 Å². The molecule has 2 heteroatoms. The number of hydrogen-bond donors (Lipinski definition) is 0. The summed E-state index contributed by atoms with van der Waals surface area (Å²) in [6.45, 7) is 4.83. The van der Waals surface area contributed by atoms with Gasteiger partial charge in [-0.25, -0.2) is 4.79 Å². The second-order valence-corrected chi connectivity index (χ2v) is 7.06. The second-order valence-electron chi connectivity index (χ2n) is 7.06. The summed E-state index contributed by atoms with van der Waals surface area (Å²) in [6.07, 6.45) is 9.96. The van der Waals surface area contributed by atoms with E-state index in [9.17, 15) is 4.79 Å². The van der Waals surface area contributed by atoms with E-state index >= 15 is 0 Å². The number of esters is 1. The van der Waals surface area contributed by atoms with Crippen molar-refractivity contribution in [2.45, 2.75) is 65.2 Å². The lowest BCUT2D eigenvalue weighted by Crippen LogP contribution is -2.06. The fraction of sp³-hybridized carbons (Fsp3) is 0.458. The first-order chi connectivity index (χ1) is 12.7. The Morgan fingerprint density at radius 1 is 0.808 bits per heavy atom. The summed E-state index contributed by atoms with van der Waals surface area (Å²) in [5.41, 5.74) is 4.02. The van der Waals surface area contributed by atoms with Crippen molar-refractivity contribution in [1.82, 2.24) is 0 Å². The van der Waals surface area contributed by atoms with Crippen molar-refractivity contribution in [3.05, 3.63) is 59.7 Å². The minimum absolute atomic E-state index is 0.220. The van der Waals surface area contributed by atoms with Crippen LogP contribution in [0.2, 0.25) is 0 Å². The summed E-state index contributed by atoms with van der Waals surface area (Å²) in [5.74, 6) is -0.220. The third kappa shape index (κ3) is 7.03. The van der Waals surface area contributed by atoms with Crippen molar-refractivity contribution in [2.75, 3.05) is 6.61 Å². The monoisotopic (exact) mass is 352 g/mol. The van der Waals surface area contributed by atoms with Crippen molar-refractivity contribution in [3.63, 3.8) is 0 Å². The number of unbranched alkanes of at least 4 members (excludes halogenated alkanes) is 7. The van der Waals surface area contributed by atoms with Gasteiger partial charge in [-0.15, -0.1) is 0 Å². The summed E-state index contributed by atoms with van der Waals surface area (Å²) in [7, 11) is 0. The number of benzene rings is 2. The highest BCUT2D eigenvalue weighted by molar-refractivity contribution is 5.91. The molecule has 2 rings (SSSR count). The lowest BCUT2D eigenvalue weighted by Gasteiger charge is -2.07. The molecule has 2 aromatic carbocycles. The van der Waals surface area contributed by atoms with Gasteiger partial charge in [-0.05, 0) is 36.6 Å². The topological polar surface area (TPSA) is 26.3 Å². The number of rotatable bonds is 11. The van der Waals surface area contributed by atoms with Gasteiger partial charge in [-0.1, -0.05) is 93.8 Å². The van der Waals surface area contributed by atoms with E-state index in [-0.39, 0.29) is 5.97 Å². The van der Waals surface area contributed by atoms with Crippen molar-refractivity contribution in [1.29, 1.82) is 0 Å². The van der Waals surface area contributed by atoms with Gasteiger partial charge < -0.3 is 4.74 Å². The van der Waals surface area contributed by atoms with Crippen LogP contribution in [-0.4, -0.2) is 12.6 Å². The van der Waals surface area contributed by atoms with Crippen molar-refractivity contribution >= 4 is 5.97 Å². The largest absolute Gasteiger partial charge is 0.462 e. The van der Waals surface area contributed by atoms with Crippen LogP contribution < -0.4 is 0 Å².